The third kappa shape index (κ3) is 4.79. The van der Waals surface area contributed by atoms with E-state index in [4.69, 9.17) is 14.6 Å². The van der Waals surface area contributed by atoms with Crippen LogP contribution in [0.2, 0.25) is 0 Å². The van der Waals surface area contributed by atoms with Gasteiger partial charge in [0, 0.05) is 6.42 Å². The average Bonchev–Trinajstić information content (AvgIpc) is 2.27. The smallest absolute Gasteiger partial charge is 0.343 e. The second kappa shape index (κ2) is 6.99. The summed E-state index contributed by atoms with van der Waals surface area (Å²) in [5.41, 5.74) is -0.209. The lowest BCUT2D eigenvalue weighted by Gasteiger charge is -2.17. The number of hydrogen-bond acceptors (Lipinski definition) is 4. The Balaban J connectivity index is 2.66. The highest BCUT2D eigenvalue weighted by molar-refractivity contribution is 5.93. The molecule has 0 aliphatic rings. The minimum atomic E-state index is -1.21. The van der Waals surface area contributed by atoms with Crippen molar-refractivity contribution >= 4 is 5.97 Å². The zero-order chi connectivity index (χ0) is 14.4. The highest BCUT2D eigenvalue weighted by Gasteiger charge is 2.18. The molecule has 1 aromatic carbocycles. The fourth-order valence-electron chi connectivity index (χ4n) is 1.58. The summed E-state index contributed by atoms with van der Waals surface area (Å²) in [6, 6.07) is 4.40. The molecule has 0 spiro atoms. The third-order valence-corrected chi connectivity index (χ3v) is 2.52. The summed E-state index contributed by atoms with van der Waals surface area (Å²) in [5, 5.41) is 18.6. The maximum atomic E-state index is 11.1. The molecule has 0 aliphatic carbocycles. The third-order valence-electron chi connectivity index (χ3n) is 2.52. The first kappa shape index (κ1) is 15.3. The molecule has 5 heteroatoms. The van der Waals surface area contributed by atoms with Crippen LogP contribution >= 0.6 is 0 Å². The summed E-state index contributed by atoms with van der Waals surface area (Å²) < 4.78 is 11.0. The number of carboxylic acids is 1. The van der Waals surface area contributed by atoms with Gasteiger partial charge in [0.25, 0.3) is 0 Å². The zero-order valence-corrected chi connectivity index (χ0v) is 11.4. The second-order valence-corrected chi connectivity index (χ2v) is 4.59. The first-order valence-corrected chi connectivity index (χ1v) is 6.25. The van der Waals surface area contributed by atoms with E-state index in [2.05, 4.69) is 0 Å². The lowest BCUT2D eigenvalue weighted by Crippen LogP contribution is -2.17. The van der Waals surface area contributed by atoms with Gasteiger partial charge in [-0.05, 0) is 32.9 Å². The summed E-state index contributed by atoms with van der Waals surface area (Å²) in [7, 11) is 0. The van der Waals surface area contributed by atoms with E-state index < -0.39 is 5.97 Å². The molecular formula is C14H20O5. The first-order chi connectivity index (χ1) is 8.91. The number of carbonyl (C=O) groups is 1. The Hall–Kier alpha value is -1.75. The van der Waals surface area contributed by atoms with E-state index in [1.54, 1.807) is 6.07 Å². The van der Waals surface area contributed by atoms with Crippen LogP contribution in [0.15, 0.2) is 18.2 Å². The quantitative estimate of drug-likeness (QED) is 0.795. The van der Waals surface area contributed by atoms with Crippen LogP contribution in [-0.2, 0) is 4.74 Å². The minimum absolute atomic E-state index is 0.155. The molecule has 0 amide bonds. The molecule has 0 fully saturated rings. The van der Waals surface area contributed by atoms with Gasteiger partial charge in [0.2, 0.25) is 0 Å². The van der Waals surface area contributed by atoms with E-state index in [-0.39, 0.29) is 29.3 Å². The summed E-state index contributed by atoms with van der Waals surface area (Å²) in [6.07, 6.45) is 0.605. The molecule has 0 aromatic heterocycles. The van der Waals surface area contributed by atoms with E-state index >= 15 is 0 Å². The fourth-order valence-corrected chi connectivity index (χ4v) is 1.58. The molecule has 0 radical (unpaired) electrons. The lowest BCUT2D eigenvalue weighted by molar-refractivity contribution is 0.0554. The maximum absolute atomic E-state index is 11.1. The predicted octanol–water partition coefficient (Wildman–Crippen LogP) is 2.67. The maximum Gasteiger partial charge on any atom is 0.343 e. The van der Waals surface area contributed by atoms with Crippen LogP contribution in [-0.4, -0.2) is 35.0 Å². The Morgan fingerprint density at radius 1 is 1.32 bits per heavy atom. The Morgan fingerprint density at radius 2 is 2.00 bits per heavy atom. The highest BCUT2D eigenvalue weighted by atomic mass is 16.5. The Labute approximate surface area is 112 Å². The van der Waals surface area contributed by atoms with Crippen LogP contribution in [0.25, 0.3) is 0 Å². The lowest BCUT2D eigenvalue weighted by atomic mass is 10.1. The van der Waals surface area contributed by atoms with E-state index in [0.29, 0.717) is 13.0 Å². The van der Waals surface area contributed by atoms with Crippen LogP contribution < -0.4 is 4.74 Å². The number of carboxylic acid groups (broad SMARTS) is 1. The summed E-state index contributed by atoms with van der Waals surface area (Å²) >= 11 is 0. The SMILES string of the molecule is CC(C)OCCC(C)Oc1cccc(O)c1C(=O)O. The molecule has 0 heterocycles. The van der Waals surface area contributed by atoms with E-state index in [0.717, 1.165) is 0 Å². The highest BCUT2D eigenvalue weighted by Crippen LogP contribution is 2.28. The van der Waals surface area contributed by atoms with Crippen LogP contribution in [0.3, 0.4) is 0 Å². The number of rotatable bonds is 7. The van der Waals surface area contributed by atoms with Crippen LogP contribution in [0.5, 0.6) is 11.5 Å². The number of ether oxygens (including phenoxy) is 2. The van der Waals surface area contributed by atoms with Crippen molar-refractivity contribution in [3.63, 3.8) is 0 Å². The van der Waals surface area contributed by atoms with E-state index in [9.17, 15) is 9.90 Å². The molecule has 1 rings (SSSR count). The van der Waals surface area contributed by atoms with Gasteiger partial charge >= 0.3 is 5.97 Å². The zero-order valence-electron chi connectivity index (χ0n) is 11.4. The van der Waals surface area contributed by atoms with Gasteiger partial charge in [-0.25, -0.2) is 4.79 Å². The number of aromatic carboxylic acids is 1. The number of hydrogen-bond donors (Lipinski definition) is 2. The molecule has 1 unspecified atom stereocenters. The minimum Gasteiger partial charge on any atom is -0.507 e. The first-order valence-electron chi connectivity index (χ1n) is 6.25. The van der Waals surface area contributed by atoms with Crippen molar-refractivity contribution in [3.8, 4) is 11.5 Å². The molecule has 2 N–H and O–H groups in total. The standard InChI is InChI=1S/C14H20O5/c1-9(2)18-8-7-10(3)19-12-6-4-5-11(15)13(12)14(16)17/h4-6,9-10,15H,7-8H2,1-3H3,(H,16,17). The Morgan fingerprint density at radius 3 is 2.58 bits per heavy atom. The number of benzene rings is 1. The summed E-state index contributed by atoms with van der Waals surface area (Å²) in [5.74, 6) is -1.33. The largest absolute Gasteiger partial charge is 0.507 e. The van der Waals surface area contributed by atoms with Crippen molar-refractivity contribution in [2.24, 2.45) is 0 Å². The van der Waals surface area contributed by atoms with Crippen molar-refractivity contribution in [1.82, 2.24) is 0 Å². The van der Waals surface area contributed by atoms with Crippen LogP contribution in [0.4, 0.5) is 0 Å². The predicted molar refractivity (Wildman–Crippen MR) is 70.9 cm³/mol. The molecule has 1 atom stereocenters. The van der Waals surface area contributed by atoms with Crippen molar-refractivity contribution < 1.29 is 24.5 Å². The molecule has 1 aromatic rings. The molecule has 0 saturated heterocycles. The molecule has 0 bridgehead atoms. The van der Waals surface area contributed by atoms with Crippen LogP contribution in [0, 0.1) is 0 Å². The average molecular weight is 268 g/mol. The molecule has 19 heavy (non-hydrogen) atoms. The summed E-state index contributed by atoms with van der Waals surface area (Å²) in [4.78, 5) is 11.1. The molecule has 106 valence electrons. The number of phenols is 1. The van der Waals surface area contributed by atoms with E-state index in [1.165, 1.54) is 12.1 Å². The van der Waals surface area contributed by atoms with Gasteiger partial charge in [-0.3, -0.25) is 0 Å². The Bertz CT molecular complexity index is 428. The van der Waals surface area contributed by atoms with E-state index in [1.807, 2.05) is 20.8 Å². The van der Waals surface area contributed by atoms with Crippen molar-refractivity contribution in [2.75, 3.05) is 6.61 Å². The van der Waals surface area contributed by atoms with Gasteiger partial charge in [0.05, 0.1) is 18.8 Å². The van der Waals surface area contributed by atoms with Gasteiger partial charge in [0.1, 0.15) is 17.1 Å². The van der Waals surface area contributed by atoms with Gasteiger partial charge in [-0.1, -0.05) is 6.07 Å². The number of aromatic hydroxyl groups is 1. The second-order valence-electron chi connectivity index (χ2n) is 4.59. The fraction of sp³-hybridized carbons (Fsp3) is 0.500. The van der Waals surface area contributed by atoms with Gasteiger partial charge < -0.3 is 19.7 Å². The summed E-state index contributed by atoms with van der Waals surface area (Å²) in [6.45, 7) is 6.27. The Kier molecular flexibility index (Phi) is 5.63. The van der Waals surface area contributed by atoms with Crippen molar-refractivity contribution in [3.05, 3.63) is 23.8 Å². The van der Waals surface area contributed by atoms with Crippen molar-refractivity contribution in [2.45, 2.75) is 39.4 Å². The molecule has 0 saturated carbocycles. The van der Waals surface area contributed by atoms with Gasteiger partial charge in [-0.2, -0.15) is 0 Å². The monoisotopic (exact) mass is 268 g/mol. The topological polar surface area (TPSA) is 76.0 Å². The molecular weight excluding hydrogens is 248 g/mol. The molecule has 5 nitrogen and oxygen atoms in total. The van der Waals surface area contributed by atoms with Gasteiger partial charge in [-0.15, -0.1) is 0 Å². The van der Waals surface area contributed by atoms with Crippen LogP contribution in [0.1, 0.15) is 37.6 Å². The van der Waals surface area contributed by atoms with Gasteiger partial charge in [0.15, 0.2) is 0 Å². The van der Waals surface area contributed by atoms with Crippen molar-refractivity contribution in [1.29, 1.82) is 0 Å². The molecule has 0 aliphatic heterocycles. The normalized spacial score (nSPS) is 12.4.